The summed E-state index contributed by atoms with van der Waals surface area (Å²) in [6.07, 6.45) is 3.40. The molecule has 2 heteroatoms. The third-order valence-electron chi connectivity index (χ3n) is 3.70. The van der Waals surface area contributed by atoms with E-state index in [9.17, 15) is 0 Å². The van der Waals surface area contributed by atoms with Crippen molar-refractivity contribution in [2.45, 2.75) is 31.7 Å². The van der Waals surface area contributed by atoms with Gasteiger partial charge in [-0.05, 0) is 50.8 Å². The first-order valence-electron chi connectivity index (χ1n) is 6.22. The van der Waals surface area contributed by atoms with E-state index in [0.717, 1.165) is 19.5 Å². The molecule has 0 amide bonds. The monoisotopic (exact) mass is 218 g/mol. The van der Waals surface area contributed by atoms with E-state index in [1.165, 1.54) is 18.4 Å². The van der Waals surface area contributed by atoms with Gasteiger partial charge in [0.15, 0.2) is 0 Å². The molecule has 0 radical (unpaired) electrons. The average molecular weight is 218 g/mol. The topological polar surface area (TPSA) is 38.0 Å². The van der Waals surface area contributed by atoms with Crippen LogP contribution in [-0.2, 0) is 6.42 Å². The van der Waals surface area contributed by atoms with Crippen molar-refractivity contribution in [1.29, 1.82) is 0 Å². The summed E-state index contributed by atoms with van der Waals surface area (Å²) in [5.74, 6) is 0.647. The lowest BCUT2D eigenvalue weighted by molar-refractivity contribution is 0.231. The van der Waals surface area contributed by atoms with Gasteiger partial charge < -0.3 is 11.1 Å². The van der Waals surface area contributed by atoms with Crippen molar-refractivity contribution in [3.8, 4) is 0 Å². The van der Waals surface area contributed by atoms with Crippen LogP contribution < -0.4 is 11.1 Å². The molecular formula is C14H22N2. The molecule has 0 spiro atoms. The highest BCUT2D eigenvalue weighted by molar-refractivity contribution is 5.18. The van der Waals surface area contributed by atoms with Gasteiger partial charge in [-0.3, -0.25) is 0 Å². The fraction of sp³-hybridized carbons (Fsp3) is 0.571. The van der Waals surface area contributed by atoms with Crippen LogP contribution in [0.4, 0.5) is 0 Å². The molecule has 1 aliphatic rings. The first-order valence-corrected chi connectivity index (χ1v) is 6.22. The molecule has 1 saturated heterocycles. The van der Waals surface area contributed by atoms with Crippen LogP contribution in [0.25, 0.3) is 0 Å². The van der Waals surface area contributed by atoms with Crippen LogP contribution in [-0.4, -0.2) is 18.6 Å². The van der Waals surface area contributed by atoms with Crippen LogP contribution in [0, 0.1) is 5.92 Å². The molecular weight excluding hydrogens is 196 g/mol. The molecule has 1 aromatic carbocycles. The smallest absolute Gasteiger partial charge is 0.0195 e. The third-order valence-corrected chi connectivity index (χ3v) is 3.70. The summed E-state index contributed by atoms with van der Waals surface area (Å²) in [6, 6.07) is 10.6. The first kappa shape index (κ1) is 11.6. The number of rotatable bonds is 3. The second-order valence-electron chi connectivity index (χ2n) is 5.19. The van der Waals surface area contributed by atoms with E-state index < -0.39 is 0 Å². The van der Waals surface area contributed by atoms with Crippen LogP contribution in [0.1, 0.15) is 25.3 Å². The molecule has 1 aliphatic heterocycles. The molecule has 88 valence electrons. The molecule has 1 atom stereocenters. The number of nitrogens with two attached hydrogens (primary N) is 1. The molecule has 0 saturated carbocycles. The van der Waals surface area contributed by atoms with Gasteiger partial charge in [-0.25, -0.2) is 0 Å². The predicted molar refractivity (Wildman–Crippen MR) is 68.3 cm³/mol. The molecule has 3 N–H and O–H groups in total. The molecule has 0 bridgehead atoms. The second-order valence-corrected chi connectivity index (χ2v) is 5.19. The Morgan fingerprint density at radius 2 is 1.88 bits per heavy atom. The summed E-state index contributed by atoms with van der Waals surface area (Å²) in [5, 5.41) is 3.40. The van der Waals surface area contributed by atoms with Crippen LogP contribution in [0.2, 0.25) is 0 Å². The Labute approximate surface area is 98.2 Å². The number of hydrogen-bond acceptors (Lipinski definition) is 2. The Bertz CT molecular complexity index is 313. The van der Waals surface area contributed by atoms with Gasteiger partial charge in [0.2, 0.25) is 0 Å². The summed E-state index contributed by atoms with van der Waals surface area (Å²) in [6.45, 7) is 4.44. The zero-order valence-electron chi connectivity index (χ0n) is 10.1. The van der Waals surface area contributed by atoms with E-state index in [-0.39, 0.29) is 5.54 Å². The number of benzene rings is 1. The van der Waals surface area contributed by atoms with Crippen molar-refractivity contribution in [1.82, 2.24) is 5.32 Å². The van der Waals surface area contributed by atoms with Crippen molar-refractivity contribution in [3.63, 3.8) is 0 Å². The lowest BCUT2D eigenvalue weighted by Gasteiger charge is -2.37. The quantitative estimate of drug-likeness (QED) is 0.813. The molecule has 1 heterocycles. The molecule has 0 aliphatic carbocycles. The highest BCUT2D eigenvalue weighted by atomic mass is 14.9. The van der Waals surface area contributed by atoms with E-state index in [1.54, 1.807) is 0 Å². The van der Waals surface area contributed by atoms with Crippen molar-refractivity contribution in [2.24, 2.45) is 11.7 Å². The minimum Gasteiger partial charge on any atom is -0.325 e. The van der Waals surface area contributed by atoms with Crippen LogP contribution in [0.5, 0.6) is 0 Å². The summed E-state index contributed by atoms with van der Waals surface area (Å²) >= 11 is 0. The Morgan fingerprint density at radius 1 is 1.25 bits per heavy atom. The van der Waals surface area contributed by atoms with Crippen molar-refractivity contribution in [3.05, 3.63) is 35.9 Å². The van der Waals surface area contributed by atoms with Gasteiger partial charge in [0.05, 0.1) is 0 Å². The summed E-state index contributed by atoms with van der Waals surface area (Å²) in [4.78, 5) is 0. The highest BCUT2D eigenvalue weighted by Crippen LogP contribution is 2.26. The Hall–Kier alpha value is -0.860. The van der Waals surface area contributed by atoms with Crippen LogP contribution in [0.3, 0.4) is 0 Å². The molecule has 1 fully saturated rings. The third kappa shape index (κ3) is 2.83. The van der Waals surface area contributed by atoms with E-state index >= 15 is 0 Å². The maximum Gasteiger partial charge on any atom is 0.0195 e. The molecule has 0 aromatic heterocycles. The molecule has 2 rings (SSSR count). The summed E-state index contributed by atoms with van der Waals surface area (Å²) in [7, 11) is 0. The SMILES string of the molecule is CC(N)(Cc1ccccc1)C1CCNCC1. The van der Waals surface area contributed by atoms with Crippen molar-refractivity contribution in [2.75, 3.05) is 13.1 Å². The fourth-order valence-electron chi connectivity index (χ4n) is 2.66. The minimum absolute atomic E-state index is 0.0660. The van der Waals surface area contributed by atoms with E-state index in [2.05, 4.69) is 42.6 Å². The van der Waals surface area contributed by atoms with E-state index in [4.69, 9.17) is 5.73 Å². The zero-order chi connectivity index (χ0) is 11.4. The standard InChI is InChI=1S/C14H22N2/c1-14(15,13-7-9-16-10-8-13)11-12-5-3-2-4-6-12/h2-6,13,16H,7-11,15H2,1H3. The Balaban J connectivity index is 2.01. The van der Waals surface area contributed by atoms with Gasteiger partial charge in [0.25, 0.3) is 0 Å². The molecule has 16 heavy (non-hydrogen) atoms. The van der Waals surface area contributed by atoms with E-state index in [1.807, 2.05) is 0 Å². The molecule has 1 aromatic rings. The van der Waals surface area contributed by atoms with E-state index in [0.29, 0.717) is 5.92 Å². The summed E-state index contributed by atoms with van der Waals surface area (Å²) < 4.78 is 0. The van der Waals surface area contributed by atoms with Gasteiger partial charge >= 0.3 is 0 Å². The lowest BCUT2D eigenvalue weighted by atomic mass is 9.76. The van der Waals surface area contributed by atoms with Gasteiger partial charge in [0, 0.05) is 5.54 Å². The van der Waals surface area contributed by atoms with Crippen molar-refractivity contribution >= 4 is 0 Å². The highest BCUT2D eigenvalue weighted by Gasteiger charge is 2.30. The molecule has 2 nitrogen and oxygen atoms in total. The summed E-state index contributed by atoms with van der Waals surface area (Å²) in [5.41, 5.74) is 7.78. The largest absolute Gasteiger partial charge is 0.325 e. The minimum atomic E-state index is -0.0660. The number of piperidine rings is 1. The zero-order valence-corrected chi connectivity index (χ0v) is 10.1. The number of hydrogen-bond donors (Lipinski definition) is 2. The second kappa shape index (κ2) is 4.98. The maximum atomic E-state index is 6.50. The van der Waals surface area contributed by atoms with Crippen LogP contribution in [0.15, 0.2) is 30.3 Å². The van der Waals surface area contributed by atoms with Gasteiger partial charge in [-0.15, -0.1) is 0 Å². The number of nitrogens with one attached hydrogen (secondary N) is 1. The lowest BCUT2D eigenvalue weighted by Crippen LogP contribution is -2.50. The van der Waals surface area contributed by atoms with Gasteiger partial charge in [0.1, 0.15) is 0 Å². The molecule has 1 unspecified atom stereocenters. The first-order chi connectivity index (χ1) is 7.68. The van der Waals surface area contributed by atoms with Crippen molar-refractivity contribution < 1.29 is 0 Å². The maximum absolute atomic E-state index is 6.50. The van der Waals surface area contributed by atoms with Gasteiger partial charge in [-0.2, -0.15) is 0 Å². The van der Waals surface area contributed by atoms with Crippen LogP contribution >= 0.6 is 0 Å². The fourth-order valence-corrected chi connectivity index (χ4v) is 2.66. The Morgan fingerprint density at radius 3 is 2.50 bits per heavy atom. The predicted octanol–water partition coefficient (Wildman–Crippen LogP) is 1.95. The normalized spacial score (nSPS) is 21.6. The van der Waals surface area contributed by atoms with Gasteiger partial charge in [-0.1, -0.05) is 30.3 Å². The Kier molecular flexibility index (Phi) is 3.62. The average Bonchev–Trinajstić information content (AvgIpc) is 2.31.